The van der Waals surface area contributed by atoms with Crippen molar-refractivity contribution < 1.29 is 9.13 Å². The molecule has 0 fully saturated rings. The zero-order valence-electron chi connectivity index (χ0n) is 12.1. The summed E-state index contributed by atoms with van der Waals surface area (Å²) in [5, 5.41) is 3.67. The van der Waals surface area contributed by atoms with Crippen LogP contribution < -0.4 is 5.32 Å². The fourth-order valence-electron chi connectivity index (χ4n) is 2.31. The predicted octanol–water partition coefficient (Wildman–Crippen LogP) is 3.81. The second-order valence-corrected chi connectivity index (χ2v) is 5.32. The van der Waals surface area contributed by atoms with Crippen molar-refractivity contribution in [3.63, 3.8) is 0 Å². The van der Waals surface area contributed by atoms with Crippen molar-refractivity contribution in [3.05, 3.63) is 34.6 Å². The number of hydrogen-bond donors (Lipinski definition) is 1. The summed E-state index contributed by atoms with van der Waals surface area (Å²) in [7, 11) is 1.88. The number of hydrogen-bond acceptors (Lipinski definition) is 2. The Morgan fingerprint density at radius 2 is 2.11 bits per heavy atom. The monoisotopic (exact) mass is 287 g/mol. The molecule has 0 heterocycles. The Kier molecular flexibility index (Phi) is 6.24. The number of halogens is 2. The Labute approximate surface area is 120 Å². The van der Waals surface area contributed by atoms with E-state index in [2.05, 4.69) is 19.2 Å². The molecule has 108 valence electrons. The van der Waals surface area contributed by atoms with Gasteiger partial charge in [-0.15, -0.1) is 0 Å². The standard InChI is InChI=1S/C15H23ClFNO/c1-5-15(3,19-6-2)14(18-4)9-11-7-8-12(16)10-13(11)17/h7-8,10,14,18H,5-6,9H2,1-4H3. The van der Waals surface area contributed by atoms with E-state index in [4.69, 9.17) is 16.3 Å². The molecule has 0 aliphatic carbocycles. The molecule has 2 unspecified atom stereocenters. The molecule has 2 nitrogen and oxygen atoms in total. The number of rotatable bonds is 7. The summed E-state index contributed by atoms with van der Waals surface area (Å²) >= 11 is 5.77. The molecule has 2 atom stereocenters. The molecule has 4 heteroatoms. The van der Waals surface area contributed by atoms with Gasteiger partial charge < -0.3 is 10.1 Å². The lowest BCUT2D eigenvalue weighted by molar-refractivity contribution is -0.0535. The Bertz CT molecular complexity index is 413. The summed E-state index contributed by atoms with van der Waals surface area (Å²) < 4.78 is 19.7. The van der Waals surface area contributed by atoms with Gasteiger partial charge in [-0.25, -0.2) is 4.39 Å². The normalized spacial score (nSPS) is 16.1. The van der Waals surface area contributed by atoms with Crippen molar-refractivity contribution in [2.24, 2.45) is 0 Å². The van der Waals surface area contributed by atoms with Gasteiger partial charge in [-0.2, -0.15) is 0 Å². The topological polar surface area (TPSA) is 21.3 Å². The molecular formula is C15H23ClFNO. The van der Waals surface area contributed by atoms with Crippen LogP contribution in [0.4, 0.5) is 4.39 Å². The van der Waals surface area contributed by atoms with Gasteiger partial charge in [0, 0.05) is 17.7 Å². The van der Waals surface area contributed by atoms with Crippen LogP contribution in [0.3, 0.4) is 0 Å². The minimum Gasteiger partial charge on any atom is -0.374 e. The van der Waals surface area contributed by atoms with Gasteiger partial charge in [-0.05, 0) is 51.4 Å². The summed E-state index contributed by atoms with van der Waals surface area (Å²) in [5.74, 6) is -0.261. The molecule has 1 aromatic carbocycles. The zero-order valence-corrected chi connectivity index (χ0v) is 12.9. The van der Waals surface area contributed by atoms with Crippen LogP contribution in [0.1, 0.15) is 32.8 Å². The van der Waals surface area contributed by atoms with E-state index in [0.717, 1.165) is 6.42 Å². The van der Waals surface area contributed by atoms with E-state index in [1.54, 1.807) is 12.1 Å². The first-order valence-corrected chi connectivity index (χ1v) is 7.09. The zero-order chi connectivity index (χ0) is 14.5. The second-order valence-electron chi connectivity index (χ2n) is 4.88. The molecule has 1 N–H and O–H groups in total. The largest absolute Gasteiger partial charge is 0.374 e. The minimum atomic E-state index is -0.310. The highest BCUT2D eigenvalue weighted by Crippen LogP contribution is 2.25. The molecule has 19 heavy (non-hydrogen) atoms. The van der Waals surface area contributed by atoms with Crippen LogP contribution in [0.25, 0.3) is 0 Å². The van der Waals surface area contributed by atoms with Gasteiger partial charge in [0.1, 0.15) is 5.82 Å². The first kappa shape index (κ1) is 16.4. The highest BCUT2D eigenvalue weighted by molar-refractivity contribution is 6.30. The minimum absolute atomic E-state index is 0.0492. The third kappa shape index (κ3) is 4.16. The molecule has 0 spiro atoms. The molecule has 0 saturated carbocycles. The van der Waals surface area contributed by atoms with Crippen molar-refractivity contribution in [1.29, 1.82) is 0 Å². The molecule has 0 amide bonds. The van der Waals surface area contributed by atoms with E-state index in [1.165, 1.54) is 6.07 Å². The maximum absolute atomic E-state index is 13.9. The molecular weight excluding hydrogens is 265 g/mol. The van der Waals surface area contributed by atoms with Gasteiger partial charge >= 0.3 is 0 Å². The van der Waals surface area contributed by atoms with Gasteiger partial charge in [-0.3, -0.25) is 0 Å². The van der Waals surface area contributed by atoms with Crippen LogP contribution in [0.15, 0.2) is 18.2 Å². The Hall–Kier alpha value is -0.640. The summed E-state index contributed by atoms with van der Waals surface area (Å²) in [6, 6.07) is 4.86. The van der Waals surface area contributed by atoms with Gasteiger partial charge in [-0.1, -0.05) is 24.6 Å². The Morgan fingerprint density at radius 3 is 2.58 bits per heavy atom. The second kappa shape index (κ2) is 7.22. The van der Waals surface area contributed by atoms with Crippen LogP contribution in [-0.2, 0) is 11.2 Å². The molecule has 0 bridgehead atoms. The fourth-order valence-corrected chi connectivity index (χ4v) is 2.47. The summed E-state index contributed by atoms with van der Waals surface area (Å²) in [4.78, 5) is 0. The van der Waals surface area contributed by atoms with E-state index >= 15 is 0 Å². The average molecular weight is 288 g/mol. The molecule has 1 aromatic rings. The van der Waals surface area contributed by atoms with E-state index < -0.39 is 0 Å². The van der Waals surface area contributed by atoms with Crippen LogP contribution in [0.5, 0.6) is 0 Å². The van der Waals surface area contributed by atoms with Crippen LogP contribution in [0, 0.1) is 5.82 Å². The molecule has 0 aromatic heterocycles. The maximum Gasteiger partial charge on any atom is 0.127 e. The lowest BCUT2D eigenvalue weighted by Crippen LogP contribution is -2.50. The van der Waals surface area contributed by atoms with Crippen molar-refractivity contribution in [2.75, 3.05) is 13.7 Å². The lowest BCUT2D eigenvalue weighted by atomic mass is 9.88. The van der Waals surface area contributed by atoms with Crippen molar-refractivity contribution in [1.82, 2.24) is 5.32 Å². The fraction of sp³-hybridized carbons (Fsp3) is 0.600. The summed E-state index contributed by atoms with van der Waals surface area (Å²) in [5.41, 5.74) is 0.346. The smallest absolute Gasteiger partial charge is 0.127 e. The molecule has 0 saturated heterocycles. The third-order valence-electron chi connectivity index (χ3n) is 3.70. The SMILES string of the molecule is CCOC(C)(CC)C(Cc1ccc(Cl)cc1F)NC. The first-order valence-electron chi connectivity index (χ1n) is 6.72. The van der Waals surface area contributed by atoms with Gasteiger partial charge in [0.25, 0.3) is 0 Å². The quantitative estimate of drug-likeness (QED) is 0.823. The van der Waals surface area contributed by atoms with Gasteiger partial charge in [0.15, 0.2) is 0 Å². The Balaban J connectivity index is 2.92. The van der Waals surface area contributed by atoms with Crippen molar-refractivity contribution in [3.8, 4) is 0 Å². The van der Waals surface area contributed by atoms with Gasteiger partial charge in [0.05, 0.1) is 5.60 Å². The molecule has 0 radical (unpaired) electrons. The van der Waals surface area contributed by atoms with Crippen LogP contribution in [0.2, 0.25) is 5.02 Å². The summed E-state index contributed by atoms with van der Waals surface area (Å²) in [6.45, 7) is 6.76. The lowest BCUT2D eigenvalue weighted by Gasteiger charge is -2.37. The Morgan fingerprint density at radius 1 is 1.42 bits per heavy atom. The van der Waals surface area contributed by atoms with Crippen LogP contribution in [-0.4, -0.2) is 25.3 Å². The van der Waals surface area contributed by atoms with E-state index in [9.17, 15) is 4.39 Å². The maximum atomic E-state index is 13.9. The van der Waals surface area contributed by atoms with E-state index in [1.807, 2.05) is 14.0 Å². The van der Waals surface area contributed by atoms with Crippen molar-refractivity contribution >= 4 is 11.6 Å². The first-order chi connectivity index (χ1) is 8.96. The van der Waals surface area contributed by atoms with Crippen molar-refractivity contribution in [2.45, 2.75) is 45.3 Å². The van der Waals surface area contributed by atoms with Gasteiger partial charge in [0.2, 0.25) is 0 Å². The van der Waals surface area contributed by atoms with Crippen LogP contribution >= 0.6 is 11.6 Å². The number of nitrogens with one attached hydrogen (secondary N) is 1. The molecule has 0 aliphatic heterocycles. The molecule has 1 rings (SSSR count). The predicted molar refractivity (Wildman–Crippen MR) is 78.3 cm³/mol. The average Bonchev–Trinajstić information content (AvgIpc) is 2.38. The molecule has 0 aliphatic rings. The highest BCUT2D eigenvalue weighted by atomic mass is 35.5. The number of likely N-dealkylation sites (N-methyl/N-ethyl adjacent to an activating group) is 1. The summed E-state index contributed by atoms with van der Waals surface area (Å²) in [6.07, 6.45) is 1.44. The number of benzene rings is 1. The van der Waals surface area contributed by atoms with E-state index in [-0.39, 0.29) is 17.5 Å². The van der Waals surface area contributed by atoms with E-state index in [0.29, 0.717) is 23.6 Å². The number of ether oxygens (including phenoxy) is 1. The third-order valence-corrected chi connectivity index (χ3v) is 3.94. The highest BCUT2D eigenvalue weighted by Gasteiger charge is 2.32.